The van der Waals surface area contributed by atoms with Gasteiger partial charge in [0.25, 0.3) is 0 Å². The van der Waals surface area contributed by atoms with Crippen LogP contribution in [0.2, 0.25) is 0 Å². The van der Waals surface area contributed by atoms with Crippen molar-refractivity contribution in [1.29, 1.82) is 0 Å². The molecular formula is C36H84N4. The van der Waals surface area contributed by atoms with Crippen LogP contribution < -0.4 is 0 Å². The predicted octanol–water partition coefficient (Wildman–Crippen LogP) is 9.78. The predicted molar refractivity (Wildman–Crippen MR) is 189 cm³/mol. The molecule has 4 nitrogen and oxygen atoms in total. The molecule has 0 aromatic carbocycles. The van der Waals surface area contributed by atoms with Crippen LogP contribution in [-0.4, -0.2) is 96.6 Å². The molecule has 3 saturated heterocycles. The summed E-state index contributed by atoms with van der Waals surface area (Å²) in [6.07, 6.45) is 8.47. The minimum atomic E-state index is 0. The van der Waals surface area contributed by atoms with Crippen LogP contribution in [-0.2, 0) is 0 Å². The molecule has 0 aromatic heterocycles. The van der Waals surface area contributed by atoms with Crippen LogP contribution in [0, 0.1) is 11.8 Å². The van der Waals surface area contributed by atoms with Crippen LogP contribution in [0.4, 0.5) is 0 Å². The van der Waals surface area contributed by atoms with E-state index in [1.807, 2.05) is 41.5 Å². The highest BCUT2D eigenvalue weighted by atomic mass is 15.3. The second kappa shape index (κ2) is 31.8. The van der Waals surface area contributed by atoms with E-state index >= 15 is 0 Å². The van der Waals surface area contributed by atoms with E-state index in [1.54, 1.807) is 0 Å². The van der Waals surface area contributed by atoms with Gasteiger partial charge >= 0.3 is 0 Å². The van der Waals surface area contributed by atoms with Crippen molar-refractivity contribution >= 4 is 0 Å². The highest BCUT2D eigenvalue weighted by Gasteiger charge is 2.20. The highest BCUT2D eigenvalue weighted by Crippen LogP contribution is 2.21. The fraction of sp³-hybridized carbons (Fsp3) is 1.00. The molecule has 0 radical (unpaired) electrons. The second-order valence-corrected chi connectivity index (χ2v) is 11.6. The minimum absolute atomic E-state index is 0. The molecule has 3 heterocycles. The van der Waals surface area contributed by atoms with Crippen LogP contribution in [0.25, 0.3) is 0 Å². The largest absolute Gasteiger partial charge is 0.301 e. The molecule has 0 bridgehead atoms. The van der Waals surface area contributed by atoms with E-state index in [-0.39, 0.29) is 7.43 Å². The first kappa shape index (κ1) is 46.8. The van der Waals surface area contributed by atoms with Gasteiger partial charge in [0.05, 0.1) is 0 Å². The molecule has 0 amide bonds. The topological polar surface area (TPSA) is 13.0 Å². The maximum absolute atomic E-state index is 2.61. The van der Waals surface area contributed by atoms with Crippen molar-refractivity contribution in [3.05, 3.63) is 0 Å². The Morgan fingerprint density at radius 1 is 0.500 bits per heavy atom. The summed E-state index contributed by atoms with van der Waals surface area (Å²) < 4.78 is 0. The van der Waals surface area contributed by atoms with E-state index in [0.29, 0.717) is 0 Å². The Hall–Kier alpha value is -0.160. The van der Waals surface area contributed by atoms with E-state index in [1.165, 1.54) is 97.4 Å². The number of piperidine rings is 2. The van der Waals surface area contributed by atoms with Gasteiger partial charge in [0.2, 0.25) is 0 Å². The normalized spacial score (nSPS) is 20.7. The lowest BCUT2D eigenvalue weighted by Crippen LogP contribution is -2.48. The lowest BCUT2D eigenvalue weighted by molar-refractivity contribution is 0.112. The van der Waals surface area contributed by atoms with Gasteiger partial charge in [-0.15, -0.1) is 0 Å². The number of piperazine rings is 1. The van der Waals surface area contributed by atoms with Crippen LogP contribution in [0.1, 0.15) is 150 Å². The van der Waals surface area contributed by atoms with Crippen LogP contribution in [0.3, 0.4) is 0 Å². The molecule has 3 rings (SSSR count). The molecule has 3 fully saturated rings. The zero-order valence-corrected chi connectivity index (χ0v) is 30.3. The molecule has 4 heteroatoms. The fourth-order valence-electron chi connectivity index (χ4n) is 5.37. The summed E-state index contributed by atoms with van der Waals surface area (Å²) in [5, 5.41) is 0. The Balaban J connectivity index is -0.000000219. The lowest BCUT2D eigenvalue weighted by Gasteiger charge is -2.36. The highest BCUT2D eigenvalue weighted by molar-refractivity contribution is 4.75. The van der Waals surface area contributed by atoms with Gasteiger partial charge in [-0.05, 0) is 105 Å². The van der Waals surface area contributed by atoms with Gasteiger partial charge in [-0.3, -0.25) is 4.90 Å². The summed E-state index contributed by atoms with van der Waals surface area (Å²) in [7, 11) is 0. The first-order valence-electron chi connectivity index (χ1n) is 17.7. The number of hydrogen-bond acceptors (Lipinski definition) is 4. The molecule has 0 spiro atoms. The maximum atomic E-state index is 2.61. The smallest absolute Gasteiger partial charge is 0.0113 e. The van der Waals surface area contributed by atoms with Gasteiger partial charge in [-0.2, -0.15) is 0 Å². The summed E-state index contributed by atoms with van der Waals surface area (Å²) in [6, 6.07) is 2.24. The van der Waals surface area contributed by atoms with Crippen molar-refractivity contribution in [2.45, 2.75) is 168 Å². The van der Waals surface area contributed by atoms with Crippen molar-refractivity contribution < 1.29 is 0 Å². The Morgan fingerprint density at radius 2 is 0.900 bits per heavy atom. The summed E-state index contributed by atoms with van der Waals surface area (Å²) >= 11 is 0. The van der Waals surface area contributed by atoms with Gasteiger partial charge in [0.15, 0.2) is 0 Å². The molecule has 248 valence electrons. The molecule has 40 heavy (non-hydrogen) atoms. The van der Waals surface area contributed by atoms with E-state index in [0.717, 1.165) is 30.0 Å². The molecule has 0 aliphatic carbocycles. The fourth-order valence-corrected chi connectivity index (χ4v) is 5.37. The summed E-state index contributed by atoms with van der Waals surface area (Å²) in [5.74, 6) is 2.00. The third kappa shape index (κ3) is 22.4. The van der Waals surface area contributed by atoms with Crippen molar-refractivity contribution in [1.82, 2.24) is 19.6 Å². The average molecular weight is 573 g/mol. The van der Waals surface area contributed by atoms with E-state index in [9.17, 15) is 0 Å². The zero-order chi connectivity index (χ0) is 30.8. The summed E-state index contributed by atoms with van der Waals surface area (Å²) in [5.41, 5.74) is 0. The SMILES string of the molecule is C.CC.CC.CC.CCC1CCCN(C(C)C)C1.CCC1CCN(C(C)C)CC1.CCN1CCN(C(C)C)CC1. The molecule has 3 aliphatic rings. The Kier molecular flexibility index (Phi) is 37.2. The van der Waals surface area contributed by atoms with Crippen molar-refractivity contribution in [3.8, 4) is 0 Å². The van der Waals surface area contributed by atoms with Gasteiger partial charge in [-0.1, -0.05) is 82.6 Å². The monoisotopic (exact) mass is 573 g/mol. The van der Waals surface area contributed by atoms with Crippen LogP contribution in [0.5, 0.6) is 0 Å². The minimum Gasteiger partial charge on any atom is -0.301 e. The van der Waals surface area contributed by atoms with Crippen molar-refractivity contribution in [2.24, 2.45) is 11.8 Å². The van der Waals surface area contributed by atoms with Crippen LogP contribution in [0.15, 0.2) is 0 Å². The standard InChI is InChI=1S/2C10H21N.C9H20N2.3C2H6.CH4/c1-4-10-5-7-11(8-6-10)9(2)3;1-4-10-6-5-7-11(8-10)9(2)3;1-4-10-5-7-11(8-6-10)9(2)3;3*1-2;/h2*9-10H,4-8H2,1-3H3;9H,4-8H2,1-3H3;3*1-2H3;1H4. The number of rotatable bonds is 6. The van der Waals surface area contributed by atoms with E-state index in [4.69, 9.17) is 0 Å². The summed E-state index contributed by atoms with van der Waals surface area (Å²) in [4.78, 5) is 10.3. The van der Waals surface area contributed by atoms with Gasteiger partial charge in [0.1, 0.15) is 0 Å². The molecular weight excluding hydrogens is 488 g/mol. The quantitative estimate of drug-likeness (QED) is 0.314. The average Bonchev–Trinajstić information content (AvgIpc) is 3.00. The van der Waals surface area contributed by atoms with E-state index in [2.05, 4.69) is 81.9 Å². The van der Waals surface area contributed by atoms with Crippen molar-refractivity contribution in [3.63, 3.8) is 0 Å². The third-order valence-electron chi connectivity index (χ3n) is 8.40. The molecule has 0 saturated carbocycles. The molecule has 1 atom stereocenters. The van der Waals surface area contributed by atoms with Gasteiger partial charge in [0, 0.05) is 50.8 Å². The molecule has 0 aromatic rings. The molecule has 3 aliphatic heterocycles. The van der Waals surface area contributed by atoms with Crippen LogP contribution >= 0.6 is 0 Å². The first-order chi connectivity index (χ1) is 18.7. The summed E-state index contributed by atoms with van der Waals surface area (Å²) in [6.45, 7) is 44.2. The number of nitrogens with zero attached hydrogens (tertiary/aromatic N) is 4. The zero-order valence-electron chi connectivity index (χ0n) is 30.3. The first-order valence-corrected chi connectivity index (χ1v) is 17.7. The van der Waals surface area contributed by atoms with Gasteiger partial charge in [-0.25, -0.2) is 0 Å². The van der Waals surface area contributed by atoms with Gasteiger partial charge < -0.3 is 14.7 Å². The maximum Gasteiger partial charge on any atom is 0.0113 e. The molecule has 0 N–H and O–H groups in total. The third-order valence-corrected chi connectivity index (χ3v) is 8.40. The Morgan fingerprint density at radius 3 is 1.25 bits per heavy atom. The molecule has 1 unspecified atom stereocenters. The number of likely N-dealkylation sites (N-methyl/N-ethyl adjacent to an activating group) is 1. The Bertz CT molecular complexity index is 422. The van der Waals surface area contributed by atoms with E-state index < -0.39 is 0 Å². The lowest BCUT2D eigenvalue weighted by atomic mass is 9.94. The number of hydrogen-bond donors (Lipinski definition) is 0. The number of likely N-dealkylation sites (tertiary alicyclic amines) is 2. The second-order valence-electron chi connectivity index (χ2n) is 11.6. The Labute approximate surface area is 258 Å². The van der Waals surface area contributed by atoms with Crippen molar-refractivity contribution in [2.75, 3.05) is 58.9 Å².